The van der Waals surface area contributed by atoms with E-state index in [-0.39, 0.29) is 11.7 Å². The Bertz CT molecular complexity index is 1210. The van der Waals surface area contributed by atoms with E-state index in [4.69, 9.17) is 0 Å². The monoisotopic (exact) mass is 432 g/mol. The van der Waals surface area contributed by atoms with Gasteiger partial charge < -0.3 is 10.4 Å². The van der Waals surface area contributed by atoms with Crippen molar-refractivity contribution in [3.63, 3.8) is 0 Å². The van der Waals surface area contributed by atoms with Crippen LogP contribution in [0.1, 0.15) is 15.9 Å². The summed E-state index contributed by atoms with van der Waals surface area (Å²) in [7, 11) is 0. The number of carbonyl (C=O) groups is 1. The lowest BCUT2D eigenvalue weighted by molar-refractivity contribution is 0.102. The van der Waals surface area contributed by atoms with Gasteiger partial charge >= 0.3 is 0 Å². The van der Waals surface area contributed by atoms with E-state index < -0.39 is 5.82 Å². The number of rotatable bonds is 6. The SMILES string of the molecule is O=C(Nc1sc(NN=Cc2ccc(O)cc2)nc1-c1ccccc1)c1ccc(F)cc1. The quantitative estimate of drug-likeness (QED) is 0.283. The van der Waals surface area contributed by atoms with Gasteiger partial charge in [-0.05, 0) is 54.1 Å². The number of halogens is 1. The summed E-state index contributed by atoms with van der Waals surface area (Å²) in [5.41, 5.74) is 5.45. The van der Waals surface area contributed by atoms with E-state index in [9.17, 15) is 14.3 Å². The van der Waals surface area contributed by atoms with E-state index in [0.717, 1.165) is 11.1 Å². The van der Waals surface area contributed by atoms with Crippen molar-refractivity contribution in [2.24, 2.45) is 5.10 Å². The highest BCUT2D eigenvalue weighted by molar-refractivity contribution is 7.20. The predicted molar refractivity (Wildman–Crippen MR) is 121 cm³/mol. The molecule has 6 nitrogen and oxygen atoms in total. The summed E-state index contributed by atoms with van der Waals surface area (Å²) in [6.45, 7) is 0. The number of carbonyl (C=O) groups excluding carboxylic acids is 1. The summed E-state index contributed by atoms with van der Waals surface area (Å²) < 4.78 is 13.2. The minimum Gasteiger partial charge on any atom is -0.508 e. The second-order valence-electron chi connectivity index (χ2n) is 6.49. The molecule has 0 atom stereocenters. The topological polar surface area (TPSA) is 86.6 Å². The average molecular weight is 432 g/mol. The first-order valence-corrected chi connectivity index (χ1v) is 10.1. The number of hydrogen-bond acceptors (Lipinski definition) is 6. The van der Waals surface area contributed by atoms with Crippen LogP contribution in [-0.2, 0) is 0 Å². The molecule has 1 heterocycles. The van der Waals surface area contributed by atoms with Gasteiger partial charge in [0.25, 0.3) is 5.91 Å². The summed E-state index contributed by atoms with van der Waals surface area (Å²) in [5.74, 6) is -0.587. The zero-order valence-corrected chi connectivity index (χ0v) is 16.9. The van der Waals surface area contributed by atoms with Crippen LogP contribution in [0.2, 0.25) is 0 Å². The van der Waals surface area contributed by atoms with Crippen molar-refractivity contribution < 1.29 is 14.3 Å². The second-order valence-corrected chi connectivity index (χ2v) is 7.48. The molecule has 4 aromatic rings. The van der Waals surface area contributed by atoms with Gasteiger partial charge in [0.05, 0.1) is 6.21 Å². The van der Waals surface area contributed by atoms with E-state index in [0.29, 0.717) is 21.4 Å². The first-order valence-electron chi connectivity index (χ1n) is 9.30. The maximum Gasteiger partial charge on any atom is 0.256 e. The smallest absolute Gasteiger partial charge is 0.256 e. The molecule has 0 spiro atoms. The lowest BCUT2D eigenvalue weighted by Gasteiger charge is -2.05. The lowest BCUT2D eigenvalue weighted by atomic mass is 10.1. The van der Waals surface area contributed by atoms with Crippen LogP contribution in [0.25, 0.3) is 11.3 Å². The second kappa shape index (κ2) is 9.19. The van der Waals surface area contributed by atoms with E-state index in [1.54, 1.807) is 30.5 Å². The van der Waals surface area contributed by atoms with Crippen molar-refractivity contribution in [2.75, 3.05) is 10.7 Å². The van der Waals surface area contributed by atoms with Crippen LogP contribution in [0, 0.1) is 5.82 Å². The molecule has 1 amide bonds. The van der Waals surface area contributed by atoms with Crippen molar-refractivity contribution in [1.82, 2.24) is 4.98 Å². The fourth-order valence-corrected chi connectivity index (χ4v) is 3.58. The molecule has 0 bridgehead atoms. The molecule has 0 aliphatic rings. The standard InChI is InChI=1S/C23H17FN4O2S/c24-18-10-8-17(9-11-18)21(30)27-22-20(16-4-2-1-3-5-16)26-23(31-22)28-25-14-15-6-12-19(29)13-7-15/h1-14,29H,(H,26,28)(H,27,30). The maximum atomic E-state index is 13.2. The number of hydrazone groups is 1. The molecule has 3 aromatic carbocycles. The number of nitrogens with one attached hydrogen (secondary N) is 2. The van der Waals surface area contributed by atoms with E-state index in [2.05, 4.69) is 20.8 Å². The molecular formula is C23H17FN4O2S. The van der Waals surface area contributed by atoms with Crippen LogP contribution < -0.4 is 10.7 Å². The first kappa shape index (κ1) is 20.2. The van der Waals surface area contributed by atoms with Gasteiger partial charge in [-0.2, -0.15) is 5.10 Å². The Morgan fingerprint density at radius 2 is 1.71 bits per heavy atom. The number of aromatic hydroxyl groups is 1. The molecule has 0 unspecified atom stereocenters. The Balaban J connectivity index is 1.57. The van der Waals surface area contributed by atoms with Gasteiger partial charge in [0.1, 0.15) is 22.3 Å². The van der Waals surface area contributed by atoms with Crippen LogP contribution in [0.15, 0.2) is 84.0 Å². The molecule has 0 aliphatic carbocycles. The largest absolute Gasteiger partial charge is 0.508 e. The third-order valence-corrected chi connectivity index (χ3v) is 5.15. The Kier molecular flexibility index (Phi) is 6.00. The van der Waals surface area contributed by atoms with Crippen LogP contribution in [0.5, 0.6) is 5.75 Å². The molecular weight excluding hydrogens is 415 g/mol. The highest BCUT2D eigenvalue weighted by Gasteiger charge is 2.16. The molecule has 0 fully saturated rings. The predicted octanol–water partition coefficient (Wildman–Crippen LogP) is 5.35. The maximum absolute atomic E-state index is 13.2. The lowest BCUT2D eigenvalue weighted by Crippen LogP contribution is -2.11. The van der Waals surface area contributed by atoms with Gasteiger partial charge in [-0.25, -0.2) is 9.37 Å². The number of amides is 1. The van der Waals surface area contributed by atoms with Crippen LogP contribution in [0.4, 0.5) is 14.5 Å². The summed E-state index contributed by atoms with van der Waals surface area (Å²) in [4.78, 5) is 17.2. The third-order valence-electron chi connectivity index (χ3n) is 4.27. The number of nitrogens with zero attached hydrogens (tertiary/aromatic N) is 2. The molecule has 0 radical (unpaired) electrons. The van der Waals surface area contributed by atoms with E-state index in [1.807, 2.05) is 30.3 Å². The van der Waals surface area contributed by atoms with Crippen LogP contribution in [-0.4, -0.2) is 22.2 Å². The van der Waals surface area contributed by atoms with Crippen LogP contribution >= 0.6 is 11.3 Å². The molecule has 154 valence electrons. The average Bonchev–Trinajstić information content (AvgIpc) is 3.18. The van der Waals surface area contributed by atoms with Gasteiger partial charge in [0.2, 0.25) is 5.13 Å². The minimum absolute atomic E-state index is 0.180. The highest BCUT2D eigenvalue weighted by Crippen LogP contribution is 2.36. The van der Waals surface area contributed by atoms with Gasteiger partial charge in [-0.3, -0.25) is 10.2 Å². The zero-order valence-electron chi connectivity index (χ0n) is 16.1. The number of phenols is 1. The van der Waals surface area contributed by atoms with Gasteiger partial charge in [-0.1, -0.05) is 41.7 Å². The van der Waals surface area contributed by atoms with Crippen molar-refractivity contribution in [3.05, 3.63) is 95.8 Å². The summed E-state index contributed by atoms with van der Waals surface area (Å²) in [6, 6.07) is 21.4. The minimum atomic E-state index is -0.405. The first-order chi connectivity index (χ1) is 15.1. The van der Waals surface area contributed by atoms with Crippen molar-refractivity contribution in [3.8, 4) is 17.0 Å². The Hall–Kier alpha value is -4.04. The van der Waals surface area contributed by atoms with Crippen molar-refractivity contribution in [1.29, 1.82) is 0 Å². The molecule has 4 rings (SSSR count). The Labute approximate surface area is 181 Å². The Morgan fingerprint density at radius 1 is 1.00 bits per heavy atom. The molecule has 3 N–H and O–H groups in total. The zero-order chi connectivity index (χ0) is 21.6. The molecule has 0 aliphatic heterocycles. The van der Waals surface area contributed by atoms with Crippen molar-refractivity contribution in [2.45, 2.75) is 0 Å². The number of phenolic OH excluding ortho intramolecular Hbond substituents is 1. The number of anilines is 2. The fraction of sp³-hybridized carbons (Fsp3) is 0. The number of aromatic nitrogens is 1. The summed E-state index contributed by atoms with van der Waals surface area (Å²) in [6.07, 6.45) is 1.60. The third kappa shape index (κ3) is 5.12. The van der Waals surface area contributed by atoms with E-state index >= 15 is 0 Å². The molecule has 1 aromatic heterocycles. The summed E-state index contributed by atoms with van der Waals surface area (Å²) in [5, 5.41) is 17.4. The number of thiazole rings is 1. The number of benzene rings is 3. The van der Waals surface area contributed by atoms with Crippen molar-refractivity contribution >= 4 is 33.6 Å². The molecule has 8 heteroatoms. The highest BCUT2D eigenvalue weighted by atomic mass is 32.1. The summed E-state index contributed by atoms with van der Waals surface area (Å²) >= 11 is 1.24. The fourth-order valence-electron chi connectivity index (χ4n) is 2.74. The normalized spacial score (nSPS) is 10.9. The van der Waals surface area contributed by atoms with Gasteiger partial charge in [0.15, 0.2) is 0 Å². The molecule has 0 saturated heterocycles. The van der Waals surface area contributed by atoms with Gasteiger partial charge in [0, 0.05) is 11.1 Å². The number of hydrogen-bond donors (Lipinski definition) is 3. The molecule has 31 heavy (non-hydrogen) atoms. The Morgan fingerprint density at radius 3 is 2.42 bits per heavy atom. The van der Waals surface area contributed by atoms with Gasteiger partial charge in [-0.15, -0.1) is 0 Å². The van der Waals surface area contributed by atoms with Crippen LogP contribution in [0.3, 0.4) is 0 Å². The van der Waals surface area contributed by atoms with E-state index in [1.165, 1.54) is 35.6 Å². The molecule has 0 saturated carbocycles.